The molecule has 3 nitrogen and oxygen atoms in total. The first-order valence-corrected chi connectivity index (χ1v) is 6.38. The zero-order valence-corrected chi connectivity index (χ0v) is 11.0. The molecule has 0 bridgehead atoms. The first kappa shape index (κ1) is 12.5. The number of carbonyl (C=O) groups excluding carboxylic acids is 1. The molecule has 1 aliphatic rings. The van der Waals surface area contributed by atoms with E-state index < -0.39 is 0 Å². The highest BCUT2D eigenvalue weighted by molar-refractivity contribution is 9.10. The second-order valence-corrected chi connectivity index (χ2v) is 4.91. The number of hydrogen-bond acceptors (Lipinski definition) is 2. The third-order valence-electron chi connectivity index (χ3n) is 2.81. The molecule has 1 aromatic rings. The lowest BCUT2D eigenvalue weighted by Gasteiger charge is -2.27. The van der Waals surface area contributed by atoms with Crippen molar-refractivity contribution < 1.29 is 9.18 Å². The van der Waals surface area contributed by atoms with Crippen molar-refractivity contribution >= 4 is 21.8 Å². The maximum atomic E-state index is 13.0. The molecule has 17 heavy (non-hydrogen) atoms. The molecular weight excluding hydrogens is 287 g/mol. The zero-order chi connectivity index (χ0) is 12.3. The number of halogens is 2. The summed E-state index contributed by atoms with van der Waals surface area (Å²) in [5.41, 5.74) is 0.835. The summed E-state index contributed by atoms with van der Waals surface area (Å²) >= 11 is 3.12. The summed E-state index contributed by atoms with van der Waals surface area (Å²) < 4.78 is 13.4. The quantitative estimate of drug-likeness (QED) is 0.899. The number of nitrogens with zero attached hydrogens (tertiary/aromatic N) is 1. The Bertz CT molecular complexity index is 419. The molecule has 0 saturated carbocycles. The maximum Gasteiger partial charge on any atom is 0.227 e. The second kappa shape index (κ2) is 5.60. The standard InChI is InChI=1S/C12H14BrFN2O/c13-10-7-9(1-2-11(10)14)8-12(17)16-5-3-15-4-6-16/h1-2,7,15H,3-6,8H2. The number of amides is 1. The molecule has 1 aromatic carbocycles. The largest absolute Gasteiger partial charge is 0.340 e. The van der Waals surface area contributed by atoms with Gasteiger partial charge < -0.3 is 10.2 Å². The molecule has 0 spiro atoms. The Morgan fingerprint density at radius 2 is 2.12 bits per heavy atom. The van der Waals surface area contributed by atoms with Gasteiger partial charge in [0.25, 0.3) is 0 Å². The monoisotopic (exact) mass is 300 g/mol. The Hall–Kier alpha value is -0.940. The van der Waals surface area contributed by atoms with Gasteiger partial charge in [0.2, 0.25) is 5.91 Å². The van der Waals surface area contributed by atoms with Gasteiger partial charge in [-0.05, 0) is 33.6 Å². The lowest BCUT2D eigenvalue weighted by molar-refractivity contribution is -0.131. The van der Waals surface area contributed by atoms with Crippen molar-refractivity contribution in [2.24, 2.45) is 0 Å². The van der Waals surface area contributed by atoms with E-state index in [9.17, 15) is 9.18 Å². The molecule has 0 aliphatic carbocycles. The van der Waals surface area contributed by atoms with Gasteiger partial charge in [-0.1, -0.05) is 6.07 Å². The molecule has 0 unspecified atom stereocenters. The first-order chi connectivity index (χ1) is 8.16. The van der Waals surface area contributed by atoms with Crippen LogP contribution in [-0.4, -0.2) is 37.0 Å². The Balaban J connectivity index is 1.99. The van der Waals surface area contributed by atoms with Gasteiger partial charge in [0.1, 0.15) is 5.82 Å². The van der Waals surface area contributed by atoms with E-state index in [-0.39, 0.29) is 11.7 Å². The minimum atomic E-state index is -0.302. The number of nitrogens with one attached hydrogen (secondary N) is 1. The Labute approximate surface area is 108 Å². The molecule has 1 heterocycles. The fourth-order valence-corrected chi connectivity index (χ4v) is 2.28. The number of rotatable bonds is 2. The summed E-state index contributed by atoms with van der Waals surface area (Å²) in [4.78, 5) is 13.8. The molecule has 2 rings (SSSR count). The van der Waals surface area contributed by atoms with E-state index in [2.05, 4.69) is 21.2 Å². The zero-order valence-electron chi connectivity index (χ0n) is 9.38. The summed E-state index contributed by atoms with van der Waals surface area (Å²) in [7, 11) is 0. The van der Waals surface area contributed by atoms with E-state index in [4.69, 9.17) is 0 Å². The molecule has 92 valence electrons. The average Bonchev–Trinajstić information content (AvgIpc) is 2.35. The van der Waals surface area contributed by atoms with Crippen molar-refractivity contribution in [1.29, 1.82) is 0 Å². The van der Waals surface area contributed by atoms with Crippen LogP contribution in [-0.2, 0) is 11.2 Å². The van der Waals surface area contributed by atoms with Crippen LogP contribution < -0.4 is 5.32 Å². The lowest BCUT2D eigenvalue weighted by atomic mass is 10.1. The summed E-state index contributed by atoms with van der Waals surface area (Å²) in [6.07, 6.45) is 0.332. The maximum absolute atomic E-state index is 13.0. The molecule has 1 saturated heterocycles. The fraction of sp³-hybridized carbons (Fsp3) is 0.417. The number of carbonyl (C=O) groups is 1. The lowest BCUT2D eigenvalue weighted by Crippen LogP contribution is -2.46. The fourth-order valence-electron chi connectivity index (χ4n) is 1.85. The molecule has 1 amide bonds. The highest BCUT2D eigenvalue weighted by atomic mass is 79.9. The van der Waals surface area contributed by atoms with Crippen molar-refractivity contribution in [3.05, 3.63) is 34.1 Å². The summed E-state index contributed by atoms with van der Waals surface area (Å²) in [6.45, 7) is 3.19. The van der Waals surface area contributed by atoms with Crippen molar-refractivity contribution in [1.82, 2.24) is 10.2 Å². The molecule has 0 radical (unpaired) electrons. The van der Waals surface area contributed by atoms with Gasteiger partial charge in [-0.15, -0.1) is 0 Å². The molecule has 0 aromatic heterocycles. The van der Waals surface area contributed by atoms with E-state index in [1.807, 2.05) is 4.90 Å². The molecule has 1 N–H and O–H groups in total. The second-order valence-electron chi connectivity index (χ2n) is 4.06. The Morgan fingerprint density at radius 3 is 2.76 bits per heavy atom. The summed E-state index contributed by atoms with van der Waals surface area (Å²) in [5.74, 6) is -0.201. The van der Waals surface area contributed by atoms with Crippen LogP contribution in [0.25, 0.3) is 0 Å². The highest BCUT2D eigenvalue weighted by Gasteiger charge is 2.16. The van der Waals surface area contributed by atoms with E-state index in [0.29, 0.717) is 10.9 Å². The third-order valence-corrected chi connectivity index (χ3v) is 3.42. The van der Waals surface area contributed by atoms with Crippen molar-refractivity contribution in [2.45, 2.75) is 6.42 Å². The normalized spacial score (nSPS) is 16.0. The van der Waals surface area contributed by atoms with Crippen LogP contribution in [0.5, 0.6) is 0 Å². The highest BCUT2D eigenvalue weighted by Crippen LogP contribution is 2.17. The van der Waals surface area contributed by atoms with E-state index in [1.165, 1.54) is 6.07 Å². The van der Waals surface area contributed by atoms with Crippen molar-refractivity contribution in [3.8, 4) is 0 Å². The molecule has 5 heteroatoms. The molecule has 1 aliphatic heterocycles. The van der Waals surface area contributed by atoms with E-state index in [1.54, 1.807) is 12.1 Å². The first-order valence-electron chi connectivity index (χ1n) is 5.59. The van der Waals surface area contributed by atoms with Crippen LogP contribution in [0.4, 0.5) is 4.39 Å². The summed E-state index contributed by atoms with van der Waals surface area (Å²) in [6, 6.07) is 4.69. The van der Waals surface area contributed by atoms with Crippen LogP contribution in [0.2, 0.25) is 0 Å². The van der Waals surface area contributed by atoms with Gasteiger partial charge >= 0.3 is 0 Å². The van der Waals surface area contributed by atoms with Crippen LogP contribution in [0.15, 0.2) is 22.7 Å². The smallest absolute Gasteiger partial charge is 0.227 e. The van der Waals surface area contributed by atoms with E-state index in [0.717, 1.165) is 31.7 Å². The van der Waals surface area contributed by atoms with Crippen LogP contribution >= 0.6 is 15.9 Å². The summed E-state index contributed by atoms with van der Waals surface area (Å²) in [5, 5.41) is 3.20. The minimum Gasteiger partial charge on any atom is -0.340 e. The number of hydrogen-bond donors (Lipinski definition) is 1. The predicted molar refractivity (Wildman–Crippen MR) is 67.3 cm³/mol. The van der Waals surface area contributed by atoms with Crippen molar-refractivity contribution in [3.63, 3.8) is 0 Å². The minimum absolute atomic E-state index is 0.102. The van der Waals surface area contributed by atoms with Crippen LogP contribution in [0.1, 0.15) is 5.56 Å². The molecule has 0 atom stereocenters. The van der Waals surface area contributed by atoms with Gasteiger partial charge in [-0.3, -0.25) is 4.79 Å². The Kier molecular flexibility index (Phi) is 4.12. The number of piperazine rings is 1. The van der Waals surface area contributed by atoms with Gasteiger partial charge in [-0.25, -0.2) is 4.39 Å². The SMILES string of the molecule is O=C(Cc1ccc(F)c(Br)c1)N1CCNCC1. The van der Waals surface area contributed by atoms with Gasteiger partial charge in [0.05, 0.1) is 10.9 Å². The van der Waals surface area contributed by atoms with Crippen LogP contribution in [0, 0.1) is 5.82 Å². The average molecular weight is 301 g/mol. The topological polar surface area (TPSA) is 32.3 Å². The number of benzene rings is 1. The van der Waals surface area contributed by atoms with Gasteiger partial charge in [0, 0.05) is 26.2 Å². The Morgan fingerprint density at radius 1 is 1.41 bits per heavy atom. The van der Waals surface area contributed by atoms with Gasteiger partial charge in [-0.2, -0.15) is 0 Å². The van der Waals surface area contributed by atoms with Gasteiger partial charge in [0.15, 0.2) is 0 Å². The molecular formula is C12H14BrFN2O. The predicted octanol–water partition coefficient (Wildman–Crippen LogP) is 1.56. The van der Waals surface area contributed by atoms with E-state index >= 15 is 0 Å². The third kappa shape index (κ3) is 3.26. The van der Waals surface area contributed by atoms with Crippen LogP contribution in [0.3, 0.4) is 0 Å². The molecule has 1 fully saturated rings. The van der Waals surface area contributed by atoms with Crippen molar-refractivity contribution in [2.75, 3.05) is 26.2 Å².